The lowest BCUT2D eigenvalue weighted by molar-refractivity contribution is -0.138. The van der Waals surface area contributed by atoms with Gasteiger partial charge in [-0.1, -0.05) is 13.8 Å². The number of carboxylic acid groups (broad SMARTS) is 1. The molecule has 1 fully saturated rings. The van der Waals surface area contributed by atoms with Gasteiger partial charge in [0.2, 0.25) is 0 Å². The minimum atomic E-state index is -0.739. The lowest BCUT2D eigenvalue weighted by atomic mass is 9.94. The van der Waals surface area contributed by atoms with Gasteiger partial charge in [0.15, 0.2) is 0 Å². The number of carboxylic acids is 1. The SMILES string of the molecule is CC(C)CN(C)C(=O)N1CCC(CC(=O)O)CC1. The van der Waals surface area contributed by atoms with Crippen LogP contribution in [0.25, 0.3) is 0 Å². The number of carbonyl (C=O) groups excluding carboxylic acids is 1. The summed E-state index contributed by atoms with van der Waals surface area (Å²) in [6.45, 7) is 6.29. The number of rotatable bonds is 4. The fourth-order valence-corrected chi connectivity index (χ4v) is 2.44. The highest BCUT2D eigenvalue weighted by atomic mass is 16.4. The van der Waals surface area contributed by atoms with Crippen LogP contribution in [0.1, 0.15) is 33.1 Å². The van der Waals surface area contributed by atoms with Crippen LogP contribution in [0.2, 0.25) is 0 Å². The molecule has 1 saturated heterocycles. The van der Waals surface area contributed by atoms with Crippen molar-refractivity contribution in [3.05, 3.63) is 0 Å². The average molecular weight is 256 g/mol. The van der Waals surface area contributed by atoms with Crippen molar-refractivity contribution < 1.29 is 14.7 Å². The summed E-state index contributed by atoms with van der Waals surface area (Å²) < 4.78 is 0. The summed E-state index contributed by atoms with van der Waals surface area (Å²) in [6, 6.07) is 0.0671. The van der Waals surface area contributed by atoms with Crippen LogP contribution in [0.5, 0.6) is 0 Å². The van der Waals surface area contributed by atoms with Gasteiger partial charge < -0.3 is 14.9 Å². The van der Waals surface area contributed by atoms with Crippen molar-refractivity contribution in [3.63, 3.8) is 0 Å². The van der Waals surface area contributed by atoms with Crippen LogP contribution >= 0.6 is 0 Å². The van der Waals surface area contributed by atoms with Gasteiger partial charge in [0.1, 0.15) is 0 Å². The Morgan fingerprint density at radius 1 is 1.33 bits per heavy atom. The summed E-state index contributed by atoms with van der Waals surface area (Å²) in [4.78, 5) is 26.3. The van der Waals surface area contributed by atoms with E-state index in [1.807, 2.05) is 11.9 Å². The molecule has 5 nitrogen and oxygen atoms in total. The van der Waals surface area contributed by atoms with Gasteiger partial charge in [-0.3, -0.25) is 4.79 Å². The maximum absolute atomic E-state index is 12.1. The zero-order chi connectivity index (χ0) is 13.7. The molecule has 0 aliphatic carbocycles. The van der Waals surface area contributed by atoms with Crippen LogP contribution in [0, 0.1) is 11.8 Å². The van der Waals surface area contributed by atoms with Crippen LogP contribution in [0.4, 0.5) is 4.79 Å². The zero-order valence-corrected chi connectivity index (χ0v) is 11.6. The highest BCUT2D eigenvalue weighted by Gasteiger charge is 2.26. The Labute approximate surface area is 109 Å². The highest BCUT2D eigenvalue weighted by molar-refractivity contribution is 5.74. The third-order valence-electron chi connectivity index (χ3n) is 3.31. The van der Waals surface area contributed by atoms with Crippen molar-refractivity contribution in [2.75, 3.05) is 26.7 Å². The van der Waals surface area contributed by atoms with Crippen molar-refractivity contribution in [2.45, 2.75) is 33.1 Å². The standard InChI is InChI=1S/C13H24N2O3/c1-10(2)9-14(3)13(18)15-6-4-11(5-7-15)8-12(16)17/h10-11H,4-9H2,1-3H3,(H,16,17). The highest BCUT2D eigenvalue weighted by Crippen LogP contribution is 2.21. The normalized spacial score (nSPS) is 17.0. The number of carbonyl (C=O) groups is 2. The van der Waals surface area contributed by atoms with Gasteiger partial charge in [-0.05, 0) is 24.7 Å². The molecule has 0 aromatic rings. The van der Waals surface area contributed by atoms with Gasteiger partial charge in [0.25, 0.3) is 0 Å². The van der Waals surface area contributed by atoms with E-state index in [0.29, 0.717) is 19.0 Å². The van der Waals surface area contributed by atoms with E-state index >= 15 is 0 Å². The smallest absolute Gasteiger partial charge is 0.319 e. The van der Waals surface area contributed by atoms with Crippen molar-refractivity contribution in [1.29, 1.82) is 0 Å². The second-order valence-corrected chi connectivity index (χ2v) is 5.59. The number of nitrogens with zero attached hydrogens (tertiary/aromatic N) is 2. The molecular weight excluding hydrogens is 232 g/mol. The van der Waals surface area contributed by atoms with Crippen LogP contribution < -0.4 is 0 Å². The fourth-order valence-electron chi connectivity index (χ4n) is 2.44. The van der Waals surface area contributed by atoms with Crippen molar-refractivity contribution >= 4 is 12.0 Å². The summed E-state index contributed by atoms with van der Waals surface area (Å²) in [5.41, 5.74) is 0. The molecule has 1 aliphatic rings. The van der Waals surface area contributed by atoms with E-state index in [1.165, 1.54) is 0 Å². The van der Waals surface area contributed by atoms with Gasteiger partial charge in [-0.15, -0.1) is 0 Å². The Morgan fingerprint density at radius 3 is 2.33 bits per heavy atom. The minimum Gasteiger partial charge on any atom is -0.481 e. The Balaban J connectivity index is 2.38. The number of aliphatic carboxylic acids is 1. The number of hydrogen-bond donors (Lipinski definition) is 1. The first-order valence-corrected chi connectivity index (χ1v) is 6.62. The molecule has 0 atom stereocenters. The van der Waals surface area contributed by atoms with Gasteiger partial charge in [-0.25, -0.2) is 4.79 Å². The number of piperidine rings is 1. The Morgan fingerprint density at radius 2 is 1.89 bits per heavy atom. The van der Waals surface area contributed by atoms with Gasteiger partial charge >= 0.3 is 12.0 Å². The molecule has 0 spiro atoms. The first-order chi connectivity index (χ1) is 8.40. The number of amides is 2. The van der Waals surface area contributed by atoms with Crippen LogP contribution in [-0.4, -0.2) is 53.6 Å². The summed E-state index contributed by atoms with van der Waals surface area (Å²) >= 11 is 0. The average Bonchev–Trinajstić information content (AvgIpc) is 2.27. The predicted octanol–water partition coefficient (Wildman–Crippen LogP) is 1.88. The topological polar surface area (TPSA) is 60.9 Å². The largest absolute Gasteiger partial charge is 0.481 e. The summed E-state index contributed by atoms with van der Waals surface area (Å²) in [5.74, 6) is -0.0536. The van der Waals surface area contributed by atoms with E-state index < -0.39 is 5.97 Å². The van der Waals surface area contributed by atoms with E-state index in [-0.39, 0.29) is 18.4 Å². The van der Waals surface area contributed by atoms with E-state index in [4.69, 9.17) is 5.11 Å². The van der Waals surface area contributed by atoms with Crippen molar-refractivity contribution in [3.8, 4) is 0 Å². The molecule has 0 saturated carbocycles. The Hall–Kier alpha value is -1.26. The second kappa shape index (κ2) is 6.61. The fraction of sp³-hybridized carbons (Fsp3) is 0.846. The zero-order valence-electron chi connectivity index (χ0n) is 11.6. The third kappa shape index (κ3) is 4.55. The molecule has 2 amide bonds. The predicted molar refractivity (Wildman–Crippen MR) is 69.4 cm³/mol. The van der Waals surface area contributed by atoms with E-state index in [2.05, 4.69) is 13.8 Å². The molecule has 1 aliphatic heterocycles. The third-order valence-corrected chi connectivity index (χ3v) is 3.31. The lowest BCUT2D eigenvalue weighted by Crippen LogP contribution is -2.46. The van der Waals surface area contributed by atoms with E-state index in [9.17, 15) is 9.59 Å². The molecule has 0 bridgehead atoms. The minimum absolute atomic E-state index is 0.0671. The molecule has 1 N–H and O–H groups in total. The lowest BCUT2D eigenvalue weighted by Gasteiger charge is -2.34. The maximum atomic E-state index is 12.1. The summed E-state index contributed by atoms with van der Waals surface area (Å²) in [5, 5.41) is 8.74. The number of urea groups is 1. The first-order valence-electron chi connectivity index (χ1n) is 6.62. The molecule has 0 radical (unpaired) electrons. The summed E-state index contributed by atoms with van der Waals surface area (Å²) in [7, 11) is 1.83. The monoisotopic (exact) mass is 256 g/mol. The molecule has 0 aromatic carbocycles. The Bertz CT molecular complexity index is 297. The van der Waals surface area contributed by atoms with Gasteiger partial charge in [-0.2, -0.15) is 0 Å². The quantitative estimate of drug-likeness (QED) is 0.835. The molecule has 5 heteroatoms. The second-order valence-electron chi connectivity index (χ2n) is 5.59. The van der Waals surface area contributed by atoms with Gasteiger partial charge in [0, 0.05) is 33.1 Å². The molecule has 0 aromatic heterocycles. The van der Waals surface area contributed by atoms with E-state index in [1.54, 1.807) is 4.90 Å². The maximum Gasteiger partial charge on any atom is 0.319 e. The Kier molecular flexibility index (Phi) is 5.44. The molecule has 1 rings (SSSR count). The van der Waals surface area contributed by atoms with Crippen molar-refractivity contribution in [1.82, 2.24) is 9.80 Å². The number of likely N-dealkylation sites (tertiary alicyclic amines) is 1. The van der Waals surface area contributed by atoms with Crippen LogP contribution in [0.15, 0.2) is 0 Å². The van der Waals surface area contributed by atoms with Crippen LogP contribution in [-0.2, 0) is 4.79 Å². The molecule has 104 valence electrons. The molecule has 1 heterocycles. The summed E-state index contributed by atoms with van der Waals surface area (Å²) in [6.07, 6.45) is 1.82. The molecule has 0 unspecified atom stereocenters. The van der Waals surface area contributed by atoms with Crippen molar-refractivity contribution in [2.24, 2.45) is 11.8 Å². The van der Waals surface area contributed by atoms with E-state index in [0.717, 1.165) is 19.4 Å². The van der Waals surface area contributed by atoms with Gasteiger partial charge in [0.05, 0.1) is 0 Å². The first kappa shape index (κ1) is 14.8. The number of hydrogen-bond acceptors (Lipinski definition) is 2. The molecule has 18 heavy (non-hydrogen) atoms. The van der Waals surface area contributed by atoms with Crippen LogP contribution in [0.3, 0.4) is 0 Å². The molecular formula is C13H24N2O3.